The summed E-state index contributed by atoms with van der Waals surface area (Å²) in [5.41, 5.74) is 3.66. The predicted octanol–water partition coefficient (Wildman–Crippen LogP) is 5.15. The van der Waals surface area contributed by atoms with E-state index in [-0.39, 0.29) is 30.5 Å². The first-order chi connectivity index (χ1) is 13.9. The van der Waals surface area contributed by atoms with E-state index in [0.29, 0.717) is 16.9 Å². The van der Waals surface area contributed by atoms with E-state index in [0.717, 1.165) is 11.3 Å². The second kappa shape index (κ2) is 8.86. The molecule has 1 aromatic heterocycles. The molecule has 29 heavy (non-hydrogen) atoms. The van der Waals surface area contributed by atoms with Crippen LogP contribution in [0.5, 0.6) is 0 Å². The zero-order valence-corrected chi connectivity index (χ0v) is 16.8. The lowest BCUT2D eigenvalue weighted by Crippen LogP contribution is -2.16. The normalized spacial score (nSPS) is 11.9. The van der Waals surface area contributed by atoms with Crippen molar-refractivity contribution >= 4 is 11.8 Å². The van der Waals surface area contributed by atoms with Crippen LogP contribution in [0.15, 0.2) is 60.7 Å². The molecule has 0 spiro atoms. The summed E-state index contributed by atoms with van der Waals surface area (Å²) in [7, 11) is 0. The Morgan fingerprint density at radius 1 is 1.03 bits per heavy atom. The number of esters is 1. The summed E-state index contributed by atoms with van der Waals surface area (Å²) in [6, 6.07) is 17.6. The van der Waals surface area contributed by atoms with Crippen molar-refractivity contribution in [1.29, 1.82) is 0 Å². The molecule has 0 aliphatic carbocycles. The highest BCUT2D eigenvalue weighted by Crippen LogP contribution is 2.22. The maximum Gasteiger partial charge on any atom is 0.306 e. The number of Topliss-reactive ketones (excluding diaryl/α,β-unsaturated/α-hetero) is 1. The number of ether oxygens (including phenoxy) is 1. The number of aryl methyl sites for hydroxylation is 1. The number of rotatable bonds is 7. The van der Waals surface area contributed by atoms with Crippen molar-refractivity contribution < 1.29 is 18.7 Å². The zero-order chi connectivity index (χ0) is 21.0. The topological polar surface area (TPSA) is 48.3 Å². The summed E-state index contributed by atoms with van der Waals surface area (Å²) in [4.78, 5) is 24.8. The number of halogens is 1. The quantitative estimate of drug-likeness (QED) is 0.412. The molecule has 0 unspecified atom stereocenters. The number of ketones is 1. The Bertz CT molecular complexity index is 1020. The van der Waals surface area contributed by atoms with Gasteiger partial charge in [-0.25, -0.2) is 4.39 Å². The summed E-state index contributed by atoms with van der Waals surface area (Å²) >= 11 is 0. The minimum absolute atomic E-state index is 0.0110. The van der Waals surface area contributed by atoms with E-state index in [1.165, 1.54) is 12.1 Å². The maximum atomic E-state index is 13.6. The second-order valence-corrected chi connectivity index (χ2v) is 7.20. The van der Waals surface area contributed by atoms with Gasteiger partial charge < -0.3 is 9.30 Å². The lowest BCUT2D eigenvalue weighted by Gasteiger charge is -2.12. The van der Waals surface area contributed by atoms with Crippen LogP contribution in [0.1, 0.15) is 46.6 Å². The molecule has 0 amide bonds. The summed E-state index contributed by atoms with van der Waals surface area (Å²) in [6.07, 6.45) is 0.208. The fraction of sp³-hybridized carbons (Fsp3) is 0.250. The Morgan fingerprint density at radius 3 is 2.45 bits per heavy atom. The number of nitrogens with zero attached hydrogens (tertiary/aromatic N) is 1. The Kier molecular flexibility index (Phi) is 6.27. The predicted molar refractivity (Wildman–Crippen MR) is 110 cm³/mol. The molecule has 1 heterocycles. The molecule has 1 atom stereocenters. The Labute approximate surface area is 169 Å². The third-order valence-electron chi connectivity index (χ3n) is 5.00. The molecule has 3 rings (SSSR count). The van der Waals surface area contributed by atoms with Gasteiger partial charge in [0.05, 0.1) is 6.42 Å². The first-order valence-corrected chi connectivity index (χ1v) is 9.55. The summed E-state index contributed by atoms with van der Waals surface area (Å²) in [6.45, 7) is 5.28. The van der Waals surface area contributed by atoms with Crippen molar-refractivity contribution in [1.82, 2.24) is 4.57 Å². The summed E-state index contributed by atoms with van der Waals surface area (Å²) < 4.78 is 20.6. The molecule has 2 aromatic carbocycles. The van der Waals surface area contributed by atoms with Gasteiger partial charge in [-0.1, -0.05) is 43.3 Å². The summed E-state index contributed by atoms with van der Waals surface area (Å²) in [5, 5.41) is 0. The molecule has 150 valence electrons. The van der Waals surface area contributed by atoms with Gasteiger partial charge >= 0.3 is 5.97 Å². The monoisotopic (exact) mass is 393 g/mol. The largest absolute Gasteiger partial charge is 0.457 e. The number of hydrogen-bond donors (Lipinski definition) is 0. The molecule has 0 saturated heterocycles. The Hall–Kier alpha value is -3.21. The van der Waals surface area contributed by atoms with Gasteiger partial charge in [-0.15, -0.1) is 0 Å². The first-order valence-electron chi connectivity index (χ1n) is 9.55. The third kappa shape index (κ3) is 4.80. The van der Waals surface area contributed by atoms with Crippen LogP contribution in [0.3, 0.4) is 0 Å². The van der Waals surface area contributed by atoms with E-state index in [1.807, 2.05) is 48.7 Å². The molecular weight excluding hydrogens is 369 g/mol. The number of carbonyl (C=O) groups excluding carboxylic acids is 2. The third-order valence-corrected chi connectivity index (χ3v) is 5.00. The molecule has 0 radical (unpaired) electrons. The average Bonchev–Trinajstić information content (AvgIpc) is 3.01. The Balaban J connectivity index is 1.65. The second-order valence-electron chi connectivity index (χ2n) is 7.20. The lowest BCUT2D eigenvalue weighted by molar-refractivity contribution is -0.142. The molecule has 5 heteroatoms. The van der Waals surface area contributed by atoms with Crippen LogP contribution in [-0.2, 0) is 9.53 Å². The van der Waals surface area contributed by atoms with Crippen LogP contribution in [0.4, 0.5) is 4.39 Å². The molecule has 0 aliphatic heterocycles. The Morgan fingerprint density at radius 2 is 1.76 bits per heavy atom. The highest BCUT2D eigenvalue weighted by Gasteiger charge is 2.19. The van der Waals surface area contributed by atoms with Gasteiger partial charge in [-0.3, -0.25) is 9.59 Å². The minimum atomic E-state index is -0.409. The van der Waals surface area contributed by atoms with Crippen LogP contribution in [0, 0.1) is 19.7 Å². The van der Waals surface area contributed by atoms with Gasteiger partial charge in [0.2, 0.25) is 5.78 Å². The van der Waals surface area contributed by atoms with Gasteiger partial charge in [0.25, 0.3) is 0 Å². The molecule has 3 aromatic rings. The molecule has 0 bridgehead atoms. The lowest BCUT2D eigenvalue weighted by atomic mass is 9.98. The fourth-order valence-electron chi connectivity index (χ4n) is 3.49. The van der Waals surface area contributed by atoms with Crippen molar-refractivity contribution in [2.45, 2.75) is 33.1 Å². The van der Waals surface area contributed by atoms with E-state index < -0.39 is 5.97 Å². The number of carbonyl (C=O) groups is 2. The molecule has 0 saturated carbocycles. The van der Waals surface area contributed by atoms with Crippen molar-refractivity contribution in [3.63, 3.8) is 0 Å². The smallest absolute Gasteiger partial charge is 0.306 e. The van der Waals surface area contributed by atoms with Crippen LogP contribution in [0.2, 0.25) is 0 Å². The number of benzene rings is 2. The van der Waals surface area contributed by atoms with Crippen LogP contribution < -0.4 is 0 Å². The van der Waals surface area contributed by atoms with Gasteiger partial charge in [0.1, 0.15) is 5.82 Å². The van der Waals surface area contributed by atoms with Crippen LogP contribution in [-0.4, -0.2) is 22.9 Å². The van der Waals surface area contributed by atoms with Crippen molar-refractivity contribution in [3.8, 4) is 5.69 Å². The van der Waals surface area contributed by atoms with Gasteiger partial charge in [-0.05, 0) is 49.6 Å². The van der Waals surface area contributed by atoms with Gasteiger partial charge in [-0.2, -0.15) is 0 Å². The highest BCUT2D eigenvalue weighted by atomic mass is 19.1. The van der Waals surface area contributed by atoms with Crippen molar-refractivity contribution in [2.75, 3.05) is 6.61 Å². The van der Waals surface area contributed by atoms with E-state index in [9.17, 15) is 14.0 Å². The van der Waals surface area contributed by atoms with Crippen molar-refractivity contribution in [3.05, 3.63) is 89.0 Å². The molecule has 4 nitrogen and oxygen atoms in total. The fourth-order valence-corrected chi connectivity index (χ4v) is 3.49. The van der Waals surface area contributed by atoms with Gasteiger partial charge in [0, 0.05) is 22.6 Å². The highest BCUT2D eigenvalue weighted by molar-refractivity contribution is 5.99. The standard InChI is InChI=1S/C24H24FNO3/c1-16(19-8-5-4-6-9-19)12-24(28)29-15-23(27)22-13-17(2)26(18(22)3)21-11-7-10-20(25)14-21/h4-11,13-14,16H,12,15H2,1-3H3/t16-/m0/s1. The molecule has 0 aliphatic rings. The minimum Gasteiger partial charge on any atom is -0.457 e. The van der Waals surface area contributed by atoms with Crippen LogP contribution >= 0.6 is 0 Å². The maximum absolute atomic E-state index is 13.6. The van der Waals surface area contributed by atoms with Gasteiger partial charge in [0.15, 0.2) is 6.61 Å². The number of hydrogen-bond acceptors (Lipinski definition) is 3. The van der Waals surface area contributed by atoms with Crippen molar-refractivity contribution in [2.24, 2.45) is 0 Å². The molecule has 0 fully saturated rings. The van der Waals surface area contributed by atoms with Crippen LogP contribution in [0.25, 0.3) is 5.69 Å². The molecular formula is C24H24FNO3. The van der Waals surface area contributed by atoms with E-state index in [2.05, 4.69) is 0 Å². The number of aromatic nitrogens is 1. The van der Waals surface area contributed by atoms with E-state index >= 15 is 0 Å². The van der Waals surface area contributed by atoms with E-state index in [1.54, 1.807) is 25.1 Å². The first kappa shape index (κ1) is 20.5. The zero-order valence-electron chi connectivity index (χ0n) is 16.8. The SMILES string of the molecule is Cc1cc(C(=O)COC(=O)C[C@H](C)c2ccccc2)c(C)n1-c1cccc(F)c1. The van der Waals surface area contributed by atoms with E-state index in [4.69, 9.17) is 4.74 Å². The summed E-state index contributed by atoms with van der Waals surface area (Å²) in [5.74, 6) is -1.02. The average molecular weight is 393 g/mol. The molecule has 0 N–H and O–H groups in total.